The zero-order valence-corrected chi connectivity index (χ0v) is 15.9. The molecule has 0 spiro atoms. The lowest BCUT2D eigenvalue weighted by Gasteiger charge is -2.13. The van der Waals surface area contributed by atoms with Crippen molar-refractivity contribution >= 4 is 33.2 Å². The Morgan fingerprint density at radius 3 is 2.61 bits per heavy atom. The number of fused-ring (bicyclic) bond motifs is 1. The lowest BCUT2D eigenvalue weighted by atomic mass is 10.3. The first kappa shape index (κ1) is 19.5. The number of imidazole rings is 1. The molecule has 9 nitrogen and oxygen atoms in total. The van der Waals surface area contributed by atoms with Crippen LogP contribution in [0.3, 0.4) is 0 Å². The fourth-order valence-corrected chi connectivity index (χ4v) is 3.08. The monoisotopic (exact) mass is 402 g/mol. The maximum Gasteiger partial charge on any atom is 0.359 e. The zero-order chi connectivity index (χ0) is 20.5. The van der Waals surface area contributed by atoms with E-state index in [1.807, 2.05) is 19.1 Å². The van der Waals surface area contributed by atoms with E-state index < -0.39 is 28.0 Å². The smallest absolute Gasteiger partial charge is 0.359 e. The Balaban J connectivity index is 1.70. The molecule has 3 aromatic rings. The van der Waals surface area contributed by atoms with Gasteiger partial charge in [0.1, 0.15) is 5.65 Å². The molecule has 28 heavy (non-hydrogen) atoms. The second-order valence-electron chi connectivity index (χ2n) is 6.13. The fourth-order valence-electron chi connectivity index (χ4n) is 2.52. The van der Waals surface area contributed by atoms with Crippen LogP contribution in [0.1, 0.15) is 23.1 Å². The number of rotatable bonds is 5. The SMILES string of the molecule is Cc1cccc2nc(C(=O)OC(C)C(=O)Nc3cccc(S(N)(=O)=O)c3)cn12. The number of hydrogen-bond donors (Lipinski definition) is 2. The molecule has 0 aliphatic heterocycles. The van der Waals surface area contributed by atoms with E-state index in [-0.39, 0.29) is 16.3 Å². The van der Waals surface area contributed by atoms with Gasteiger partial charge in [0.05, 0.1) is 4.90 Å². The van der Waals surface area contributed by atoms with Gasteiger partial charge in [-0.05, 0) is 44.2 Å². The van der Waals surface area contributed by atoms with Crippen molar-refractivity contribution in [1.29, 1.82) is 0 Å². The lowest BCUT2D eigenvalue weighted by Crippen LogP contribution is -2.30. The maximum absolute atomic E-state index is 12.3. The molecule has 3 N–H and O–H groups in total. The Labute approximate surface area is 161 Å². The van der Waals surface area contributed by atoms with Gasteiger partial charge in [-0.3, -0.25) is 4.79 Å². The first-order chi connectivity index (χ1) is 13.1. The van der Waals surface area contributed by atoms with Crippen molar-refractivity contribution in [3.63, 3.8) is 0 Å². The summed E-state index contributed by atoms with van der Waals surface area (Å²) in [6.45, 7) is 3.27. The minimum Gasteiger partial charge on any atom is -0.448 e. The summed E-state index contributed by atoms with van der Waals surface area (Å²) in [4.78, 5) is 28.6. The van der Waals surface area contributed by atoms with Crippen LogP contribution in [-0.2, 0) is 19.6 Å². The van der Waals surface area contributed by atoms with E-state index in [1.165, 1.54) is 37.4 Å². The summed E-state index contributed by atoms with van der Waals surface area (Å²) in [5.41, 5.74) is 1.77. The molecule has 2 aromatic heterocycles. The molecule has 1 aromatic carbocycles. The van der Waals surface area contributed by atoms with E-state index in [1.54, 1.807) is 10.5 Å². The number of sulfonamides is 1. The molecular formula is C18H18N4O5S. The number of nitrogens with zero attached hydrogens (tertiary/aromatic N) is 2. The van der Waals surface area contributed by atoms with E-state index >= 15 is 0 Å². The number of amides is 1. The van der Waals surface area contributed by atoms with Crippen molar-refractivity contribution in [1.82, 2.24) is 9.38 Å². The molecule has 0 bridgehead atoms. The predicted octanol–water partition coefficient (Wildman–Crippen LogP) is 1.47. The van der Waals surface area contributed by atoms with Crippen LogP contribution in [0.25, 0.3) is 5.65 Å². The van der Waals surface area contributed by atoms with Gasteiger partial charge in [-0.1, -0.05) is 12.1 Å². The van der Waals surface area contributed by atoms with Gasteiger partial charge in [0.15, 0.2) is 11.8 Å². The highest BCUT2D eigenvalue weighted by Gasteiger charge is 2.21. The number of benzene rings is 1. The molecule has 0 aliphatic rings. The molecule has 1 atom stereocenters. The molecule has 0 radical (unpaired) electrons. The van der Waals surface area contributed by atoms with Crippen LogP contribution in [0.2, 0.25) is 0 Å². The van der Waals surface area contributed by atoms with Gasteiger partial charge in [0, 0.05) is 17.6 Å². The zero-order valence-electron chi connectivity index (χ0n) is 15.1. The van der Waals surface area contributed by atoms with Gasteiger partial charge in [0.2, 0.25) is 10.0 Å². The third kappa shape index (κ3) is 4.18. The number of carbonyl (C=O) groups excluding carboxylic acids is 2. The summed E-state index contributed by atoms with van der Waals surface area (Å²) in [6, 6.07) is 10.9. The van der Waals surface area contributed by atoms with E-state index in [0.717, 1.165) is 5.69 Å². The second kappa shape index (κ2) is 7.41. The van der Waals surface area contributed by atoms with Crippen molar-refractivity contribution in [2.45, 2.75) is 24.8 Å². The maximum atomic E-state index is 12.3. The van der Waals surface area contributed by atoms with Crippen LogP contribution in [0, 0.1) is 6.92 Å². The van der Waals surface area contributed by atoms with E-state index in [4.69, 9.17) is 9.88 Å². The number of nitrogens with two attached hydrogens (primary N) is 1. The van der Waals surface area contributed by atoms with Gasteiger partial charge < -0.3 is 14.5 Å². The predicted molar refractivity (Wildman–Crippen MR) is 101 cm³/mol. The lowest BCUT2D eigenvalue weighted by molar-refractivity contribution is -0.123. The molecule has 1 amide bonds. The summed E-state index contributed by atoms with van der Waals surface area (Å²) in [6.07, 6.45) is 0.407. The van der Waals surface area contributed by atoms with Crippen molar-refractivity contribution in [2.24, 2.45) is 5.14 Å². The minimum absolute atomic E-state index is 0.0742. The second-order valence-corrected chi connectivity index (χ2v) is 7.69. The Hall–Kier alpha value is -3.24. The van der Waals surface area contributed by atoms with Gasteiger partial charge in [-0.2, -0.15) is 0 Å². The first-order valence-corrected chi connectivity index (χ1v) is 9.79. The number of aromatic nitrogens is 2. The van der Waals surface area contributed by atoms with Crippen molar-refractivity contribution in [3.8, 4) is 0 Å². The number of nitrogens with one attached hydrogen (secondary N) is 1. The quantitative estimate of drug-likeness (QED) is 0.621. The van der Waals surface area contributed by atoms with Crippen LogP contribution in [0.15, 0.2) is 53.6 Å². The number of pyridine rings is 1. The summed E-state index contributed by atoms with van der Waals surface area (Å²) in [5.74, 6) is -1.37. The molecular weight excluding hydrogens is 384 g/mol. The number of aryl methyl sites for hydroxylation is 1. The normalized spacial score (nSPS) is 12.5. The number of anilines is 1. The molecule has 10 heteroatoms. The van der Waals surface area contributed by atoms with E-state index in [9.17, 15) is 18.0 Å². The van der Waals surface area contributed by atoms with Crippen LogP contribution >= 0.6 is 0 Å². The largest absolute Gasteiger partial charge is 0.448 e. The van der Waals surface area contributed by atoms with Gasteiger partial charge in [-0.25, -0.2) is 23.3 Å². The van der Waals surface area contributed by atoms with Crippen LogP contribution in [0.5, 0.6) is 0 Å². The highest BCUT2D eigenvalue weighted by molar-refractivity contribution is 7.89. The van der Waals surface area contributed by atoms with E-state index in [0.29, 0.717) is 5.65 Å². The van der Waals surface area contributed by atoms with Gasteiger partial charge in [0.25, 0.3) is 5.91 Å². The van der Waals surface area contributed by atoms with Crippen molar-refractivity contribution in [3.05, 3.63) is 60.0 Å². The fraction of sp³-hybridized carbons (Fsp3) is 0.167. The van der Waals surface area contributed by atoms with Crippen LogP contribution in [-0.4, -0.2) is 35.8 Å². The molecule has 0 aliphatic carbocycles. The summed E-state index contributed by atoms with van der Waals surface area (Å²) in [7, 11) is -3.90. The molecule has 3 rings (SSSR count). The number of esters is 1. The van der Waals surface area contributed by atoms with Gasteiger partial charge >= 0.3 is 5.97 Å². The molecule has 0 saturated carbocycles. The van der Waals surface area contributed by atoms with Gasteiger partial charge in [-0.15, -0.1) is 0 Å². The molecule has 146 valence electrons. The first-order valence-electron chi connectivity index (χ1n) is 8.24. The third-order valence-electron chi connectivity index (χ3n) is 3.99. The molecule has 0 saturated heterocycles. The highest BCUT2D eigenvalue weighted by Crippen LogP contribution is 2.15. The molecule has 2 heterocycles. The number of ether oxygens (including phenoxy) is 1. The summed E-state index contributed by atoms with van der Waals surface area (Å²) >= 11 is 0. The molecule has 0 fully saturated rings. The Kier molecular flexibility index (Phi) is 5.16. The Morgan fingerprint density at radius 1 is 1.21 bits per heavy atom. The van der Waals surface area contributed by atoms with Crippen molar-refractivity contribution < 1.29 is 22.7 Å². The van der Waals surface area contributed by atoms with Crippen molar-refractivity contribution in [2.75, 3.05) is 5.32 Å². The number of carbonyl (C=O) groups is 2. The summed E-state index contributed by atoms with van der Waals surface area (Å²) in [5, 5.41) is 7.56. The standard InChI is InChI=1S/C18H18N4O5S/c1-11-5-3-8-16-21-15(10-22(11)16)18(24)27-12(2)17(23)20-13-6-4-7-14(9-13)28(19,25)26/h3-10,12H,1-2H3,(H,20,23)(H2,19,25,26). The topological polar surface area (TPSA) is 133 Å². The van der Waals surface area contributed by atoms with Crippen LogP contribution < -0.4 is 10.5 Å². The Bertz CT molecular complexity index is 1170. The van der Waals surface area contributed by atoms with Crippen LogP contribution in [0.4, 0.5) is 5.69 Å². The average Bonchev–Trinajstić information content (AvgIpc) is 3.07. The van der Waals surface area contributed by atoms with E-state index in [2.05, 4.69) is 10.3 Å². The highest BCUT2D eigenvalue weighted by atomic mass is 32.2. The number of primary sulfonamides is 1. The molecule has 1 unspecified atom stereocenters. The number of hydrogen-bond acceptors (Lipinski definition) is 6. The third-order valence-corrected chi connectivity index (χ3v) is 4.90. The summed E-state index contributed by atoms with van der Waals surface area (Å²) < 4.78 is 29.7. The Morgan fingerprint density at radius 2 is 1.93 bits per heavy atom. The minimum atomic E-state index is -3.90. The average molecular weight is 402 g/mol.